The van der Waals surface area contributed by atoms with Crippen LogP contribution in [0.4, 0.5) is 0 Å². The number of Topliss-reactive ketones (excluding diaryl/α,β-unsaturated/α-hetero) is 1. The minimum atomic E-state index is -3.36. The maximum Gasteiger partial charge on any atom is 0.337 e. The van der Waals surface area contributed by atoms with Crippen molar-refractivity contribution >= 4 is 24.7 Å². The minimum Gasteiger partial charge on any atom is -0.312 e. The second kappa shape index (κ2) is 6.62. The fraction of sp³-hybridized carbons (Fsp3) is 0.286. The van der Waals surface area contributed by atoms with E-state index in [1.54, 1.807) is 6.92 Å². The molecule has 0 bridgehead atoms. The Labute approximate surface area is 127 Å². The largest absolute Gasteiger partial charge is 0.337 e. The molecule has 21 heavy (non-hydrogen) atoms. The highest BCUT2D eigenvalue weighted by Crippen LogP contribution is 2.47. The van der Waals surface area contributed by atoms with Crippen molar-refractivity contribution in [2.75, 3.05) is 20.4 Å². The normalized spacial score (nSPS) is 11.6. The Morgan fingerprint density at radius 3 is 2.43 bits per heavy atom. The summed E-state index contributed by atoms with van der Waals surface area (Å²) in [5.41, 5.74) is 1.58. The fourth-order valence-electron chi connectivity index (χ4n) is 1.81. The van der Waals surface area contributed by atoms with Gasteiger partial charge in [0.05, 0.1) is 10.6 Å². The van der Waals surface area contributed by atoms with Gasteiger partial charge in [-0.1, -0.05) is 30.3 Å². The Bertz CT molecular complexity index is 676. The molecule has 2 aromatic rings. The van der Waals surface area contributed by atoms with E-state index in [-0.39, 0.29) is 11.9 Å². The van der Waals surface area contributed by atoms with Crippen LogP contribution in [0.2, 0.25) is 0 Å². The average Bonchev–Trinajstić information content (AvgIpc) is 2.90. The number of aryl methyl sites for hydroxylation is 1. The summed E-state index contributed by atoms with van der Waals surface area (Å²) in [5, 5.41) is 0.765. The van der Waals surface area contributed by atoms with Gasteiger partial charge in [0.15, 0.2) is 5.78 Å². The summed E-state index contributed by atoms with van der Waals surface area (Å²) >= 11 is 1.29. The topological polar surface area (TPSA) is 65.5 Å². The first-order chi connectivity index (χ1) is 9.99. The van der Waals surface area contributed by atoms with Crippen LogP contribution in [-0.2, 0) is 13.6 Å². The van der Waals surface area contributed by atoms with Gasteiger partial charge in [-0.3, -0.25) is 9.36 Å². The minimum absolute atomic E-state index is 0.279. The van der Waals surface area contributed by atoms with Crippen LogP contribution in [0.5, 0.6) is 0 Å². The average molecular weight is 325 g/mol. The van der Waals surface area contributed by atoms with Crippen molar-refractivity contribution < 1.29 is 18.4 Å². The molecule has 112 valence electrons. The van der Waals surface area contributed by atoms with Gasteiger partial charge in [-0.2, -0.15) is 0 Å². The molecule has 1 aromatic carbocycles. The van der Waals surface area contributed by atoms with Gasteiger partial charge in [0.25, 0.3) is 0 Å². The van der Waals surface area contributed by atoms with Crippen molar-refractivity contribution in [2.45, 2.75) is 6.92 Å². The third-order valence-corrected chi connectivity index (χ3v) is 6.00. The first-order valence-corrected chi connectivity index (χ1v) is 8.80. The van der Waals surface area contributed by atoms with Crippen molar-refractivity contribution in [3.05, 3.63) is 40.9 Å². The lowest BCUT2D eigenvalue weighted by Crippen LogP contribution is -2.08. The highest BCUT2D eigenvalue weighted by atomic mass is 32.1. The van der Waals surface area contributed by atoms with Crippen LogP contribution < -0.4 is 0 Å². The Kier molecular flexibility index (Phi) is 5.06. The summed E-state index contributed by atoms with van der Waals surface area (Å²) in [4.78, 5) is 17.2. The molecule has 1 heterocycles. The van der Waals surface area contributed by atoms with Crippen LogP contribution in [-0.4, -0.2) is 31.1 Å². The lowest BCUT2D eigenvalue weighted by atomic mass is 10.2. The fourth-order valence-corrected chi connectivity index (χ4v) is 3.84. The summed E-state index contributed by atoms with van der Waals surface area (Å²) in [6.45, 7) is 1.76. The molecule has 0 saturated heterocycles. The second-order valence-electron chi connectivity index (χ2n) is 4.36. The zero-order chi connectivity index (χ0) is 15.5. The molecule has 0 atom stereocenters. The lowest BCUT2D eigenvalue weighted by molar-refractivity contribution is 0.101. The van der Waals surface area contributed by atoms with E-state index < -0.39 is 7.60 Å². The number of carbonyl (C=O) groups is 1. The van der Waals surface area contributed by atoms with Gasteiger partial charge in [0.1, 0.15) is 11.2 Å². The Morgan fingerprint density at radius 2 is 1.86 bits per heavy atom. The number of nitrogens with zero attached hydrogens (tertiary/aromatic N) is 1. The molecule has 1 aromatic heterocycles. The number of hydrogen-bond donors (Lipinski definition) is 0. The zero-order valence-electron chi connectivity index (χ0n) is 12.0. The van der Waals surface area contributed by atoms with Crippen LogP contribution in [0.1, 0.15) is 15.4 Å². The van der Waals surface area contributed by atoms with Gasteiger partial charge < -0.3 is 9.05 Å². The predicted octanol–water partition coefficient (Wildman–Crippen LogP) is 3.79. The van der Waals surface area contributed by atoms with Gasteiger partial charge in [-0.15, -0.1) is 11.3 Å². The highest BCUT2D eigenvalue weighted by Gasteiger charge is 2.28. The lowest BCUT2D eigenvalue weighted by Gasteiger charge is -2.11. The van der Waals surface area contributed by atoms with Gasteiger partial charge in [-0.05, 0) is 6.92 Å². The van der Waals surface area contributed by atoms with E-state index >= 15 is 0 Å². The molecule has 0 fully saturated rings. The highest BCUT2D eigenvalue weighted by molar-refractivity contribution is 7.55. The third kappa shape index (κ3) is 3.66. The molecule has 0 saturated carbocycles. The van der Waals surface area contributed by atoms with Crippen molar-refractivity contribution in [3.63, 3.8) is 0 Å². The quantitative estimate of drug-likeness (QED) is 0.597. The maximum absolute atomic E-state index is 12.3. The molecule has 0 unspecified atom stereocenters. The molecule has 0 radical (unpaired) electrons. The van der Waals surface area contributed by atoms with Crippen LogP contribution in [0.3, 0.4) is 0 Å². The molecular weight excluding hydrogens is 309 g/mol. The molecule has 0 aliphatic heterocycles. The van der Waals surface area contributed by atoms with E-state index in [1.807, 2.05) is 30.3 Å². The SMILES string of the molecule is COP(=O)(CC(=O)c1sc(-c2ccccc2)nc1C)OC. The van der Waals surface area contributed by atoms with Gasteiger partial charge in [-0.25, -0.2) is 4.98 Å². The number of aromatic nitrogens is 1. The molecule has 5 nitrogen and oxygen atoms in total. The van der Waals surface area contributed by atoms with Gasteiger partial charge in [0, 0.05) is 19.8 Å². The molecule has 0 aliphatic rings. The molecule has 0 spiro atoms. The second-order valence-corrected chi connectivity index (χ2v) is 7.62. The first kappa shape index (κ1) is 16.0. The van der Waals surface area contributed by atoms with Crippen molar-refractivity contribution in [1.29, 1.82) is 0 Å². The summed E-state index contributed by atoms with van der Waals surface area (Å²) in [7, 11) is -0.815. The van der Waals surface area contributed by atoms with Crippen LogP contribution >= 0.6 is 18.9 Å². The van der Waals surface area contributed by atoms with Gasteiger partial charge >= 0.3 is 7.60 Å². The first-order valence-electron chi connectivity index (χ1n) is 6.25. The van der Waals surface area contributed by atoms with Gasteiger partial charge in [0.2, 0.25) is 0 Å². The number of carbonyl (C=O) groups excluding carboxylic acids is 1. The van der Waals surface area contributed by atoms with Crippen LogP contribution in [0.25, 0.3) is 10.6 Å². The van der Waals surface area contributed by atoms with E-state index in [0.29, 0.717) is 10.6 Å². The molecule has 7 heteroatoms. The Hall–Kier alpha value is -1.33. The maximum atomic E-state index is 12.3. The number of hydrogen-bond acceptors (Lipinski definition) is 6. The summed E-state index contributed by atoms with van der Waals surface area (Å²) < 4.78 is 21.7. The third-order valence-electron chi connectivity index (χ3n) is 2.96. The monoisotopic (exact) mass is 325 g/mol. The number of ketones is 1. The summed E-state index contributed by atoms with van der Waals surface area (Å²) in [5.74, 6) is -0.279. The summed E-state index contributed by atoms with van der Waals surface area (Å²) in [6.07, 6.45) is -0.280. The van der Waals surface area contributed by atoms with Crippen molar-refractivity contribution in [1.82, 2.24) is 4.98 Å². The summed E-state index contributed by atoms with van der Waals surface area (Å²) in [6, 6.07) is 9.61. The molecule has 0 amide bonds. The molecule has 2 rings (SSSR count). The van der Waals surface area contributed by atoms with E-state index in [2.05, 4.69) is 4.98 Å². The zero-order valence-corrected chi connectivity index (χ0v) is 13.7. The predicted molar refractivity (Wildman–Crippen MR) is 83.1 cm³/mol. The van der Waals surface area contributed by atoms with Crippen LogP contribution in [0, 0.1) is 6.92 Å². The van der Waals surface area contributed by atoms with E-state index in [1.165, 1.54) is 25.6 Å². The van der Waals surface area contributed by atoms with E-state index in [0.717, 1.165) is 10.6 Å². The Morgan fingerprint density at radius 1 is 1.24 bits per heavy atom. The molecule has 0 aliphatic carbocycles. The van der Waals surface area contributed by atoms with Crippen molar-refractivity contribution in [3.8, 4) is 10.6 Å². The number of thiazole rings is 1. The Balaban J connectivity index is 2.28. The number of rotatable bonds is 6. The van der Waals surface area contributed by atoms with E-state index in [9.17, 15) is 9.36 Å². The number of benzene rings is 1. The van der Waals surface area contributed by atoms with E-state index in [4.69, 9.17) is 9.05 Å². The molecular formula is C14H16NO4PS. The molecule has 0 N–H and O–H groups in total. The standard InChI is InChI=1S/C14H16NO4PS/c1-10-13(12(16)9-20(17,18-2)19-3)21-14(15-10)11-7-5-4-6-8-11/h4-8H,9H2,1-3H3. The van der Waals surface area contributed by atoms with Crippen LogP contribution in [0.15, 0.2) is 30.3 Å². The smallest absolute Gasteiger partial charge is 0.312 e. The van der Waals surface area contributed by atoms with Crippen molar-refractivity contribution in [2.24, 2.45) is 0 Å².